The molecule has 1 aromatic carbocycles. The van der Waals surface area contributed by atoms with E-state index >= 15 is 0 Å². The third-order valence-electron chi connectivity index (χ3n) is 2.41. The van der Waals surface area contributed by atoms with E-state index in [1.807, 2.05) is 12.1 Å². The molecule has 0 radical (unpaired) electrons. The highest BCUT2D eigenvalue weighted by atomic mass is 16.5. The molecule has 5 heteroatoms. The van der Waals surface area contributed by atoms with Gasteiger partial charge in [-0.3, -0.25) is 4.79 Å². The van der Waals surface area contributed by atoms with Crippen LogP contribution in [0.4, 0.5) is 0 Å². The van der Waals surface area contributed by atoms with Crippen molar-refractivity contribution in [3.05, 3.63) is 29.8 Å². The van der Waals surface area contributed by atoms with Crippen LogP contribution < -0.4 is 10.1 Å². The van der Waals surface area contributed by atoms with E-state index in [0.717, 1.165) is 12.0 Å². The predicted octanol–water partition coefficient (Wildman–Crippen LogP) is 0.915. The standard InChI is InChI=1S/C13H17NO4/c1-10(14-9-15)13(16)18-12-5-3-11(4-6-12)7-8-17-2/h3-6,9-10H,7-8H2,1-2H3,(H,14,15). The first-order valence-corrected chi connectivity index (χ1v) is 5.66. The first-order valence-electron chi connectivity index (χ1n) is 5.66. The van der Waals surface area contributed by atoms with Crippen molar-refractivity contribution in [3.63, 3.8) is 0 Å². The highest BCUT2D eigenvalue weighted by Crippen LogP contribution is 2.13. The molecule has 1 rings (SSSR count). The minimum absolute atomic E-state index is 0.459. The maximum atomic E-state index is 11.5. The summed E-state index contributed by atoms with van der Waals surface area (Å²) >= 11 is 0. The van der Waals surface area contributed by atoms with Crippen LogP contribution in [0.5, 0.6) is 5.75 Å². The summed E-state index contributed by atoms with van der Waals surface area (Å²) in [7, 11) is 1.65. The van der Waals surface area contributed by atoms with Crippen molar-refractivity contribution in [2.75, 3.05) is 13.7 Å². The topological polar surface area (TPSA) is 64.6 Å². The number of carbonyl (C=O) groups excluding carboxylic acids is 2. The molecule has 1 N–H and O–H groups in total. The first kappa shape index (κ1) is 14.2. The Morgan fingerprint density at radius 3 is 2.61 bits per heavy atom. The number of benzene rings is 1. The molecule has 0 saturated carbocycles. The molecule has 0 aromatic heterocycles. The van der Waals surface area contributed by atoms with Crippen LogP contribution in [0.25, 0.3) is 0 Å². The Morgan fingerprint density at radius 2 is 2.06 bits per heavy atom. The lowest BCUT2D eigenvalue weighted by Crippen LogP contribution is -2.35. The Balaban J connectivity index is 2.52. The molecule has 0 fully saturated rings. The second kappa shape index (κ2) is 7.45. The molecule has 1 atom stereocenters. The molecule has 5 nitrogen and oxygen atoms in total. The van der Waals surface area contributed by atoms with Gasteiger partial charge in [0.1, 0.15) is 11.8 Å². The van der Waals surface area contributed by atoms with E-state index in [9.17, 15) is 9.59 Å². The van der Waals surface area contributed by atoms with Crippen molar-refractivity contribution < 1.29 is 19.1 Å². The minimum Gasteiger partial charge on any atom is -0.425 e. The Morgan fingerprint density at radius 1 is 1.39 bits per heavy atom. The highest BCUT2D eigenvalue weighted by molar-refractivity contribution is 5.79. The van der Waals surface area contributed by atoms with Gasteiger partial charge in [0.15, 0.2) is 0 Å². The number of rotatable bonds is 7. The molecule has 1 amide bonds. The van der Waals surface area contributed by atoms with Crippen LogP contribution >= 0.6 is 0 Å². The SMILES string of the molecule is COCCc1ccc(OC(=O)C(C)NC=O)cc1. The largest absolute Gasteiger partial charge is 0.425 e. The molecule has 98 valence electrons. The lowest BCUT2D eigenvalue weighted by Gasteiger charge is -2.10. The Hall–Kier alpha value is -1.88. The molecule has 0 saturated heterocycles. The van der Waals surface area contributed by atoms with Crippen LogP contribution in [-0.4, -0.2) is 32.1 Å². The van der Waals surface area contributed by atoms with Gasteiger partial charge in [0.25, 0.3) is 0 Å². The van der Waals surface area contributed by atoms with Gasteiger partial charge in [-0.25, -0.2) is 4.79 Å². The molecule has 0 aliphatic carbocycles. The van der Waals surface area contributed by atoms with Gasteiger partial charge >= 0.3 is 5.97 Å². The lowest BCUT2D eigenvalue weighted by molar-refractivity contribution is -0.137. The van der Waals surface area contributed by atoms with E-state index in [1.54, 1.807) is 26.2 Å². The quantitative estimate of drug-likeness (QED) is 0.444. The second-order valence-corrected chi connectivity index (χ2v) is 3.81. The van der Waals surface area contributed by atoms with Gasteiger partial charge in [0, 0.05) is 7.11 Å². The molecule has 1 unspecified atom stereocenters. The smallest absolute Gasteiger partial charge is 0.333 e. The van der Waals surface area contributed by atoms with Crippen molar-refractivity contribution in [1.82, 2.24) is 5.32 Å². The van der Waals surface area contributed by atoms with E-state index in [2.05, 4.69) is 5.32 Å². The third-order valence-corrected chi connectivity index (χ3v) is 2.41. The summed E-state index contributed by atoms with van der Waals surface area (Å²) < 4.78 is 10.1. The fourth-order valence-corrected chi connectivity index (χ4v) is 1.32. The highest BCUT2D eigenvalue weighted by Gasteiger charge is 2.13. The minimum atomic E-state index is -0.657. The summed E-state index contributed by atoms with van der Waals surface area (Å²) in [6.07, 6.45) is 1.29. The van der Waals surface area contributed by atoms with Crippen molar-refractivity contribution in [2.45, 2.75) is 19.4 Å². The average Bonchev–Trinajstić information content (AvgIpc) is 2.38. The summed E-state index contributed by atoms with van der Waals surface area (Å²) in [5.74, 6) is -0.0348. The zero-order valence-electron chi connectivity index (χ0n) is 10.5. The van der Waals surface area contributed by atoms with Gasteiger partial charge in [-0.1, -0.05) is 12.1 Å². The van der Waals surface area contributed by atoms with Crippen LogP contribution in [0.3, 0.4) is 0 Å². The second-order valence-electron chi connectivity index (χ2n) is 3.81. The molecule has 0 heterocycles. The van der Waals surface area contributed by atoms with Crippen LogP contribution in [0.2, 0.25) is 0 Å². The average molecular weight is 251 g/mol. The summed E-state index contributed by atoms with van der Waals surface area (Å²) in [6.45, 7) is 2.21. The summed E-state index contributed by atoms with van der Waals surface area (Å²) in [4.78, 5) is 21.7. The van der Waals surface area contributed by atoms with E-state index in [4.69, 9.17) is 9.47 Å². The maximum absolute atomic E-state index is 11.5. The van der Waals surface area contributed by atoms with Gasteiger partial charge in [0.2, 0.25) is 6.41 Å². The number of carbonyl (C=O) groups is 2. The number of hydrogen-bond acceptors (Lipinski definition) is 4. The fraction of sp³-hybridized carbons (Fsp3) is 0.385. The molecule has 0 aliphatic heterocycles. The number of nitrogens with one attached hydrogen (secondary N) is 1. The molecule has 0 bridgehead atoms. The zero-order chi connectivity index (χ0) is 13.4. The van der Waals surface area contributed by atoms with Crippen LogP contribution in [0.15, 0.2) is 24.3 Å². The Kier molecular flexibility index (Phi) is 5.87. The molecular weight excluding hydrogens is 234 g/mol. The van der Waals surface area contributed by atoms with Crippen LogP contribution in [-0.2, 0) is 20.7 Å². The molecule has 0 spiro atoms. The van der Waals surface area contributed by atoms with Gasteiger partial charge in [-0.15, -0.1) is 0 Å². The Labute approximate surface area is 106 Å². The van der Waals surface area contributed by atoms with E-state index < -0.39 is 12.0 Å². The summed E-state index contributed by atoms with van der Waals surface area (Å²) in [5, 5.41) is 2.33. The summed E-state index contributed by atoms with van der Waals surface area (Å²) in [6, 6.07) is 6.53. The predicted molar refractivity (Wildman–Crippen MR) is 66.3 cm³/mol. The van der Waals surface area contributed by atoms with E-state index in [1.165, 1.54) is 0 Å². The number of methoxy groups -OCH3 is 1. The number of esters is 1. The Bertz CT molecular complexity index is 388. The number of amides is 1. The third kappa shape index (κ3) is 4.55. The molecule has 0 aliphatic rings. The number of ether oxygens (including phenoxy) is 2. The fourth-order valence-electron chi connectivity index (χ4n) is 1.32. The maximum Gasteiger partial charge on any atom is 0.333 e. The van der Waals surface area contributed by atoms with Crippen molar-refractivity contribution in [1.29, 1.82) is 0 Å². The zero-order valence-corrected chi connectivity index (χ0v) is 10.5. The van der Waals surface area contributed by atoms with Crippen LogP contribution in [0.1, 0.15) is 12.5 Å². The molecule has 1 aromatic rings. The summed E-state index contributed by atoms with van der Waals surface area (Å²) in [5.41, 5.74) is 1.11. The number of hydrogen-bond donors (Lipinski definition) is 1. The van der Waals surface area contributed by atoms with Crippen molar-refractivity contribution in [3.8, 4) is 5.75 Å². The van der Waals surface area contributed by atoms with Gasteiger partial charge < -0.3 is 14.8 Å². The van der Waals surface area contributed by atoms with Crippen LogP contribution in [0, 0.1) is 0 Å². The monoisotopic (exact) mass is 251 g/mol. The van der Waals surface area contributed by atoms with Crippen molar-refractivity contribution >= 4 is 12.4 Å². The van der Waals surface area contributed by atoms with E-state index in [-0.39, 0.29) is 0 Å². The van der Waals surface area contributed by atoms with Crippen molar-refractivity contribution in [2.24, 2.45) is 0 Å². The van der Waals surface area contributed by atoms with Gasteiger partial charge in [0.05, 0.1) is 6.61 Å². The van der Waals surface area contributed by atoms with Gasteiger partial charge in [-0.2, -0.15) is 0 Å². The molecule has 18 heavy (non-hydrogen) atoms. The molecular formula is C13H17NO4. The lowest BCUT2D eigenvalue weighted by atomic mass is 10.1. The van der Waals surface area contributed by atoms with E-state index in [0.29, 0.717) is 18.8 Å². The first-order chi connectivity index (χ1) is 8.67. The normalized spacial score (nSPS) is 11.7. The van der Waals surface area contributed by atoms with Gasteiger partial charge in [-0.05, 0) is 31.0 Å².